The van der Waals surface area contributed by atoms with E-state index in [-0.39, 0.29) is 6.61 Å². The number of nitrogens with zero attached hydrogens (tertiary/aromatic N) is 4. The van der Waals surface area contributed by atoms with Gasteiger partial charge >= 0.3 is 0 Å². The third-order valence-electron chi connectivity index (χ3n) is 2.10. The maximum atomic E-state index is 9.25. The summed E-state index contributed by atoms with van der Waals surface area (Å²) < 4.78 is 6.58. The Labute approximate surface area is 110 Å². The van der Waals surface area contributed by atoms with Gasteiger partial charge in [0.2, 0.25) is 5.16 Å². The van der Waals surface area contributed by atoms with Gasteiger partial charge in [-0.05, 0) is 10.4 Å². The summed E-state index contributed by atoms with van der Waals surface area (Å²) in [4.78, 5) is 0. The molecule has 3 N–H and O–H groups in total. The number of aromatic nitrogens is 4. The highest BCUT2D eigenvalue weighted by molar-refractivity contribution is 7.99. The zero-order valence-corrected chi connectivity index (χ0v) is 11.1. The van der Waals surface area contributed by atoms with Gasteiger partial charge in [-0.15, -0.1) is 5.10 Å². The number of methoxy groups -OCH3 is 1. The minimum atomic E-state index is -0.750. The van der Waals surface area contributed by atoms with Crippen molar-refractivity contribution in [3.8, 4) is 0 Å². The molecule has 1 aromatic rings. The number of nitrogens with one attached hydrogen (secondary N) is 1. The van der Waals surface area contributed by atoms with E-state index in [1.165, 1.54) is 11.8 Å². The third kappa shape index (κ3) is 5.74. The Morgan fingerprint density at radius 2 is 2.33 bits per heavy atom. The van der Waals surface area contributed by atoms with Crippen molar-refractivity contribution < 1.29 is 14.9 Å². The second kappa shape index (κ2) is 9.22. The number of hydrogen-bond donors (Lipinski definition) is 3. The van der Waals surface area contributed by atoms with E-state index in [1.54, 1.807) is 11.8 Å². The molecule has 0 aromatic carbocycles. The summed E-state index contributed by atoms with van der Waals surface area (Å²) in [6.07, 6.45) is -0.750. The van der Waals surface area contributed by atoms with E-state index in [0.29, 0.717) is 24.1 Å². The molecule has 0 aliphatic rings. The first-order valence-corrected chi connectivity index (χ1v) is 6.64. The second-order valence-electron chi connectivity index (χ2n) is 3.57. The number of thioether (sulfide) groups is 1. The van der Waals surface area contributed by atoms with Gasteiger partial charge in [0.05, 0.1) is 25.9 Å². The Morgan fingerprint density at radius 1 is 1.50 bits per heavy atom. The predicted molar refractivity (Wildman–Crippen MR) is 66.4 cm³/mol. The predicted octanol–water partition coefficient (Wildman–Crippen LogP) is -1.65. The van der Waals surface area contributed by atoms with E-state index in [9.17, 15) is 5.11 Å². The Kier molecular flexibility index (Phi) is 7.85. The first kappa shape index (κ1) is 15.3. The van der Waals surface area contributed by atoms with Crippen LogP contribution in [0.25, 0.3) is 0 Å². The van der Waals surface area contributed by atoms with Crippen LogP contribution in [0.15, 0.2) is 5.16 Å². The monoisotopic (exact) mass is 277 g/mol. The van der Waals surface area contributed by atoms with Crippen LogP contribution in [0.5, 0.6) is 0 Å². The molecule has 18 heavy (non-hydrogen) atoms. The highest BCUT2D eigenvalue weighted by Gasteiger charge is 2.09. The number of ether oxygens (including phenoxy) is 1. The normalized spacial score (nSPS) is 12.8. The fourth-order valence-corrected chi connectivity index (χ4v) is 1.97. The zero-order chi connectivity index (χ0) is 13.2. The van der Waals surface area contributed by atoms with Gasteiger partial charge in [-0.25, -0.2) is 4.68 Å². The third-order valence-corrected chi connectivity index (χ3v) is 3.20. The van der Waals surface area contributed by atoms with Crippen molar-refractivity contribution in [2.45, 2.75) is 17.8 Å². The molecule has 9 heteroatoms. The first-order chi connectivity index (χ1) is 8.77. The summed E-state index contributed by atoms with van der Waals surface area (Å²) in [6.45, 7) is 2.58. The first-order valence-electron chi connectivity index (χ1n) is 5.65. The van der Waals surface area contributed by atoms with Crippen molar-refractivity contribution in [2.24, 2.45) is 0 Å². The molecule has 0 saturated carbocycles. The summed E-state index contributed by atoms with van der Waals surface area (Å²) in [6, 6.07) is 0. The molecule has 1 unspecified atom stereocenters. The van der Waals surface area contributed by atoms with Crippen molar-refractivity contribution in [1.29, 1.82) is 0 Å². The average molecular weight is 277 g/mol. The minimum Gasteiger partial charge on any atom is -0.394 e. The molecule has 0 saturated heterocycles. The molecule has 0 amide bonds. The van der Waals surface area contributed by atoms with Crippen LogP contribution < -0.4 is 5.32 Å². The molecule has 0 fully saturated rings. The van der Waals surface area contributed by atoms with Gasteiger partial charge < -0.3 is 20.3 Å². The van der Waals surface area contributed by atoms with Gasteiger partial charge in [-0.1, -0.05) is 11.8 Å². The highest BCUT2D eigenvalue weighted by Crippen LogP contribution is 2.14. The standard InChI is InChI=1S/C9H19N5O3S/c1-17-5-3-10-2-4-14-9(11-12-13-14)18-7-8(16)6-15/h8,10,15-16H,2-7H2,1H3. The molecule has 0 aliphatic heterocycles. The lowest BCUT2D eigenvalue weighted by molar-refractivity contribution is 0.113. The van der Waals surface area contributed by atoms with E-state index >= 15 is 0 Å². The lowest BCUT2D eigenvalue weighted by Crippen LogP contribution is -2.24. The molecule has 8 nitrogen and oxygen atoms in total. The number of hydrogen-bond acceptors (Lipinski definition) is 8. The number of aliphatic hydroxyl groups is 2. The van der Waals surface area contributed by atoms with Crippen molar-refractivity contribution in [3.63, 3.8) is 0 Å². The highest BCUT2D eigenvalue weighted by atomic mass is 32.2. The van der Waals surface area contributed by atoms with Gasteiger partial charge in [-0.3, -0.25) is 0 Å². The maximum Gasteiger partial charge on any atom is 0.209 e. The van der Waals surface area contributed by atoms with Crippen LogP contribution in [0.2, 0.25) is 0 Å². The zero-order valence-electron chi connectivity index (χ0n) is 10.3. The Bertz CT molecular complexity index is 325. The SMILES string of the molecule is COCCNCCn1nnnc1SCC(O)CO. The smallest absolute Gasteiger partial charge is 0.209 e. The molecule has 1 aromatic heterocycles. The lowest BCUT2D eigenvalue weighted by atomic mass is 10.4. The number of aliphatic hydroxyl groups excluding tert-OH is 2. The Balaban J connectivity index is 2.26. The van der Waals surface area contributed by atoms with Crippen molar-refractivity contribution in [3.05, 3.63) is 0 Å². The van der Waals surface area contributed by atoms with Crippen molar-refractivity contribution in [1.82, 2.24) is 25.5 Å². The summed E-state index contributed by atoms with van der Waals surface area (Å²) in [5.74, 6) is 0.369. The summed E-state index contributed by atoms with van der Waals surface area (Å²) in [7, 11) is 1.66. The van der Waals surface area contributed by atoms with E-state index in [2.05, 4.69) is 20.8 Å². The molecule has 0 radical (unpaired) electrons. The van der Waals surface area contributed by atoms with Crippen molar-refractivity contribution in [2.75, 3.05) is 39.2 Å². The molecule has 0 aliphatic carbocycles. The van der Waals surface area contributed by atoms with Gasteiger partial charge in [-0.2, -0.15) is 0 Å². The summed E-state index contributed by atoms with van der Waals surface area (Å²) >= 11 is 1.32. The van der Waals surface area contributed by atoms with Crippen LogP contribution in [0.3, 0.4) is 0 Å². The number of rotatable bonds is 10. The van der Waals surface area contributed by atoms with Gasteiger partial charge in [0, 0.05) is 26.0 Å². The van der Waals surface area contributed by atoms with E-state index in [0.717, 1.165) is 13.1 Å². The molecule has 1 rings (SSSR count). The molecule has 0 bridgehead atoms. The minimum absolute atomic E-state index is 0.257. The molecular weight excluding hydrogens is 258 g/mol. The molecule has 1 atom stereocenters. The quantitative estimate of drug-likeness (QED) is 0.345. The largest absolute Gasteiger partial charge is 0.394 e. The van der Waals surface area contributed by atoms with Crippen molar-refractivity contribution >= 4 is 11.8 Å². The Morgan fingerprint density at radius 3 is 3.06 bits per heavy atom. The summed E-state index contributed by atoms with van der Waals surface area (Å²) in [5.41, 5.74) is 0. The van der Waals surface area contributed by atoms with Crippen LogP contribution in [-0.4, -0.2) is 75.7 Å². The molecular formula is C9H19N5O3S. The van der Waals surface area contributed by atoms with Crippen LogP contribution in [0, 0.1) is 0 Å². The fourth-order valence-electron chi connectivity index (χ4n) is 1.15. The molecule has 1 heterocycles. The van der Waals surface area contributed by atoms with Crippen LogP contribution in [-0.2, 0) is 11.3 Å². The maximum absolute atomic E-state index is 9.25. The van der Waals surface area contributed by atoms with E-state index < -0.39 is 6.10 Å². The second-order valence-corrected chi connectivity index (χ2v) is 4.56. The van der Waals surface area contributed by atoms with Crippen LogP contribution in [0.1, 0.15) is 0 Å². The van der Waals surface area contributed by atoms with E-state index in [4.69, 9.17) is 9.84 Å². The lowest BCUT2D eigenvalue weighted by Gasteiger charge is -2.07. The fraction of sp³-hybridized carbons (Fsp3) is 0.889. The van der Waals surface area contributed by atoms with Gasteiger partial charge in [0.1, 0.15) is 0 Å². The van der Waals surface area contributed by atoms with E-state index in [1.807, 2.05) is 0 Å². The molecule has 104 valence electrons. The topological polar surface area (TPSA) is 105 Å². The summed E-state index contributed by atoms with van der Waals surface area (Å²) in [5, 5.41) is 33.1. The van der Waals surface area contributed by atoms with Crippen LogP contribution >= 0.6 is 11.8 Å². The Hall–Kier alpha value is -0.740. The average Bonchev–Trinajstić information content (AvgIpc) is 2.83. The van der Waals surface area contributed by atoms with Gasteiger partial charge in [0.15, 0.2) is 0 Å². The number of tetrazole rings is 1. The van der Waals surface area contributed by atoms with Gasteiger partial charge in [0.25, 0.3) is 0 Å². The van der Waals surface area contributed by atoms with Crippen LogP contribution in [0.4, 0.5) is 0 Å². The molecule has 0 spiro atoms.